The molecule has 0 spiro atoms. The molecule has 1 aliphatic heterocycles. The van der Waals surface area contributed by atoms with E-state index in [0.29, 0.717) is 12.0 Å². The zero-order chi connectivity index (χ0) is 31.0. The number of carbonyl (C=O) groups excluding carboxylic acids is 4. The summed E-state index contributed by atoms with van der Waals surface area (Å²) >= 11 is 1.71. The maximum absolute atomic E-state index is 13.5. The van der Waals surface area contributed by atoms with Gasteiger partial charge in [-0.1, -0.05) is 38.2 Å². The van der Waals surface area contributed by atoms with Crippen LogP contribution in [0.1, 0.15) is 40.5 Å². The van der Waals surface area contributed by atoms with E-state index in [0.717, 1.165) is 0 Å². The number of Topliss-reactive ketones (excluding diaryl/α,β-unsaturated/α-hetero) is 2. The molecule has 1 heterocycles. The van der Waals surface area contributed by atoms with Crippen molar-refractivity contribution >= 4 is 46.2 Å². The number of nitrogens with one attached hydrogen (secondary N) is 1. The number of halogens is 1. The van der Waals surface area contributed by atoms with Crippen LogP contribution in [0.25, 0.3) is 0 Å². The predicted molar refractivity (Wildman–Crippen MR) is 158 cm³/mol. The fourth-order valence-electron chi connectivity index (χ4n) is 4.82. The summed E-state index contributed by atoms with van der Waals surface area (Å²) in [4.78, 5) is 56.5. The van der Waals surface area contributed by atoms with Gasteiger partial charge in [-0.2, -0.15) is 0 Å². The zero-order valence-electron chi connectivity index (χ0n) is 23.9. The number of aliphatic hydroxyl groups is 1. The Morgan fingerprint density at radius 2 is 1.80 bits per heavy atom. The van der Waals surface area contributed by atoms with Gasteiger partial charge in [0.2, 0.25) is 11.6 Å². The number of allylic oxidation sites excluding steroid dienone is 4. The first-order chi connectivity index (χ1) is 19.3. The minimum Gasteiger partial charge on any atom is -0.492 e. The van der Waals surface area contributed by atoms with Gasteiger partial charge in [-0.15, -0.1) is 0 Å². The molecule has 12 nitrogen and oxygen atoms in total. The number of ketones is 2. The Hall–Kier alpha value is -2.85. The topological polar surface area (TPSA) is 190 Å². The van der Waals surface area contributed by atoms with Gasteiger partial charge in [0.1, 0.15) is 17.9 Å². The Morgan fingerprint density at radius 1 is 1.15 bits per heavy atom. The Kier molecular flexibility index (Phi) is 12.9. The van der Waals surface area contributed by atoms with Crippen molar-refractivity contribution in [1.29, 1.82) is 0 Å². The van der Waals surface area contributed by atoms with Crippen molar-refractivity contribution in [3.63, 3.8) is 0 Å². The molecule has 41 heavy (non-hydrogen) atoms. The highest BCUT2D eigenvalue weighted by Crippen LogP contribution is 2.33. The lowest BCUT2D eigenvalue weighted by Crippen LogP contribution is -2.40. The standard InChI is InChI=1S/C28H38IN3O9/c1-13-10-17-22(34)21(20(29)23(35)26(17)39-6)32-27(36)14(2)8-7-9-18(33)24(40-28(30)37)15(3)12-16(4)25(41-31)19(11-13)38-5/h7-9,12-13,16,18-19,24-25,33H,10-11,31H2,1-6H3,(H2,30,37)(H,32,36)/b9-7-,14-8+,15-12+/t13-,16+,18+,19+,24+,25-/m1/s1. The lowest BCUT2D eigenvalue weighted by atomic mass is 9.85. The second-order valence-corrected chi connectivity index (χ2v) is 11.2. The number of aliphatic hydroxyl groups excluding tert-OH is 1. The van der Waals surface area contributed by atoms with Crippen LogP contribution in [0.4, 0.5) is 4.79 Å². The van der Waals surface area contributed by atoms with Crippen molar-refractivity contribution in [2.45, 2.75) is 65.0 Å². The number of carbonyl (C=O) groups is 4. The van der Waals surface area contributed by atoms with E-state index in [1.165, 1.54) is 39.4 Å². The molecule has 0 radical (unpaired) electrons. The van der Waals surface area contributed by atoms with Crippen LogP contribution in [0.5, 0.6) is 0 Å². The number of hydrogen-bond donors (Lipinski definition) is 4. The number of fused-ring (bicyclic) bond motifs is 2. The highest BCUT2D eigenvalue weighted by atomic mass is 127. The molecule has 226 valence electrons. The molecular weight excluding hydrogens is 649 g/mol. The van der Waals surface area contributed by atoms with Crippen molar-refractivity contribution in [3.05, 3.63) is 56.1 Å². The first kappa shape index (κ1) is 34.4. The van der Waals surface area contributed by atoms with Crippen molar-refractivity contribution in [3.8, 4) is 0 Å². The Bertz CT molecular complexity index is 1200. The van der Waals surface area contributed by atoms with E-state index in [1.54, 1.807) is 35.6 Å². The Labute approximate surface area is 252 Å². The molecule has 6 N–H and O–H groups in total. The summed E-state index contributed by atoms with van der Waals surface area (Å²) in [5, 5.41) is 13.3. The van der Waals surface area contributed by atoms with Gasteiger partial charge in [-0.25, -0.2) is 10.7 Å². The van der Waals surface area contributed by atoms with Gasteiger partial charge in [0, 0.05) is 24.2 Å². The molecule has 2 bridgehead atoms. The molecule has 0 saturated heterocycles. The van der Waals surface area contributed by atoms with Gasteiger partial charge in [0.05, 0.1) is 16.8 Å². The molecule has 0 fully saturated rings. The molecule has 2 rings (SSSR count). The van der Waals surface area contributed by atoms with E-state index < -0.39 is 48.0 Å². The van der Waals surface area contributed by atoms with Gasteiger partial charge in [-0.05, 0) is 60.8 Å². The summed E-state index contributed by atoms with van der Waals surface area (Å²) in [6.45, 7) is 6.85. The van der Waals surface area contributed by atoms with E-state index >= 15 is 0 Å². The van der Waals surface area contributed by atoms with Crippen molar-refractivity contribution in [2.75, 3.05) is 14.2 Å². The average molecular weight is 688 g/mol. The van der Waals surface area contributed by atoms with Crippen LogP contribution in [0, 0.1) is 11.8 Å². The molecule has 0 unspecified atom stereocenters. The average Bonchev–Trinajstić information content (AvgIpc) is 2.91. The number of hydrogen-bond acceptors (Lipinski definition) is 10. The smallest absolute Gasteiger partial charge is 0.405 e. The largest absolute Gasteiger partial charge is 0.492 e. The third-order valence-electron chi connectivity index (χ3n) is 6.92. The Morgan fingerprint density at radius 3 is 2.37 bits per heavy atom. The number of methoxy groups -OCH3 is 2. The van der Waals surface area contributed by atoms with Crippen LogP contribution >= 0.6 is 22.6 Å². The lowest BCUT2D eigenvalue weighted by molar-refractivity contribution is -0.121. The molecule has 2 aliphatic rings. The molecule has 0 saturated carbocycles. The van der Waals surface area contributed by atoms with Crippen LogP contribution in [0.3, 0.4) is 0 Å². The van der Waals surface area contributed by atoms with Crippen LogP contribution < -0.4 is 16.9 Å². The van der Waals surface area contributed by atoms with Crippen LogP contribution in [-0.2, 0) is 33.4 Å². The summed E-state index contributed by atoms with van der Waals surface area (Å²) < 4.78 is 16.3. The molecule has 1 aliphatic carbocycles. The van der Waals surface area contributed by atoms with Gasteiger partial charge in [0.25, 0.3) is 5.91 Å². The molecular formula is C28H38IN3O9. The highest BCUT2D eigenvalue weighted by molar-refractivity contribution is 14.1. The van der Waals surface area contributed by atoms with Gasteiger partial charge in [0.15, 0.2) is 11.9 Å². The van der Waals surface area contributed by atoms with E-state index in [2.05, 4.69) is 5.32 Å². The van der Waals surface area contributed by atoms with Gasteiger partial charge in [-0.3, -0.25) is 19.2 Å². The molecule has 0 aromatic rings. The molecule has 13 heteroatoms. The van der Waals surface area contributed by atoms with Crippen molar-refractivity contribution < 1.29 is 43.3 Å². The minimum atomic E-state index is -1.32. The van der Waals surface area contributed by atoms with E-state index in [1.807, 2.05) is 13.8 Å². The molecule has 0 aromatic heterocycles. The predicted octanol–water partition coefficient (Wildman–Crippen LogP) is 2.42. The second-order valence-electron chi connectivity index (χ2n) is 10.1. The first-order valence-corrected chi connectivity index (χ1v) is 14.0. The Balaban J connectivity index is 2.65. The molecule has 2 amide bonds. The molecule has 6 atom stereocenters. The third kappa shape index (κ3) is 8.58. The number of nitrogens with two attached hydrogens (primary N) is 2. The van der Waals surface area contributed by atoms with Gasteiger partial charge >= 0.3 is 6.09 Å². The minimum absolute atomic E-state index is 0.0204. The third-order valence-corrected chi connectivity index (χ3v) is 7.94. The number of rotatable bonds is 4. The normalized spacial score (nSPS) is 32.5. The summed E-state index contributed by atoms with van der Waals surface area (Å²) in [5.41, 5.74) is 5.90. The summed E-state index contributed by atoms with van der Waals surface area (Å²) in [7, 11) is 2.81. The number of primary amides is 1. The van der Waals surface area contributed by atoms with E-state index in [9.17, 15) is 24.3 Å². The summed E-state index contributed by atoms with van der Waals surface area (Å²) in [6.07, 6.45) is 1.60. The highest BCUT2D eigenvalue weighted by Gasteiger charge is 2.37. The number of amides is 2. The molecule has 0 aromatic carbocycles. The second kappa shape index (κ2) is 15.4. The number of ether oxygens (including phenoxy) is 3. The van der Waals surface area contributed by atoms with Crippen LogP contribution in [0.15, 0.2) is 56.1 Å². The summed E-state index contributed by atoms with van der Waals surface area (Å²) in [5.74, 6) is 3.33. The van der Waals surface area contributed by atoms with Crippen molar-refractivity contribution in [2.24, 2.45) is 23.5 Å². The fraction of sp³-hybridized carbons (Fsp3) is 0.500. The maximum Gasteiger partial charge on any atom is 0.405 e. The van der Waals surface area contributed by atoms with Crippen LogP contribution in [-0.4, -0.2) is 67.3 Å². The van der Waals surface area contributed by atoms with Gasteiger partial charge < -0.3 is 30.4 Å². The fourth-order valence-corrected chi connectivity index (χ4v) is 5.45. The monoisotopic (exact) mass is 687 g/mol. The maximum atomic E-state index is 13.5. The van der Waals surface area contributed by atoms with Crippen LogP contribution in [0.2, 0.25) is 0 Å². The van der Waals surface area contributed by atoms with E-state index in [4.69, 9.17) is 30.7 Å². The quantitative estimate of drug-likeness (QED) is 0.148. The first-order valence-electron chi connectivity index (χ1n) is 12.9. The summed E-state index contributed by atoms with van der Waals surface area (Å²) in [6, 6.07) is 0. The SMILES string of the molecule is COC1=C2C[C@@H](C)C[C@H](OC)[C@H](ON)[C@@H](C)/C=C(\C)[C@H](OC(N)=O)[C@@H](O)/C=C\C=C(/C)C(=O)NC(=C(I)C1=O)C2=O. The van der Waals surface area contributed by atoms with Crippen molar-refractivity contribution in [1.82, 2.24) is 5.32 Å². The zero-order valence-corrected chi connectivity index (χ0v) is 26.1. The van der Waals surface area contributed by atoms with E-state index in [-0.39, 0.29) is 44.4 Å². The lowest BCUT2D eigenvalue weighted by Gasteiger charge is -2.31.